The molecule has 2 fully saturated rings. The van der Waals surface area contributed by atoms with Crippen LogP contribution in [0, 0.1) is 5.92 Å². The van der Waals surface area contributed by atoms with Gasteiger partial charge in [0.05, 0.1) is 12.7 Å². The standard InChI is InChI=1S/C15H30O5Si/c1-10-12(16)14(17-7-8-21(4,5)6)19-11-9-18-15(2,3)20-13(10)11/h10-14,16H,7-9H2,1-6H3/t10-,11?,12?,13+,14-/m1/s1. The first-order valence-corrected chi connectivity index (χ1v) is 11.6. The summed E-state index contributed by atoms with van der Waals surface area (Å²) in [6.45, 7) is 13.8. The summed E-state index contributed by atoms with van der Waals surface area (Å²) in [6.07, 6.45) is -1.57. The number of aliphatic hydroxyl groups is 1. The third-order valence-electron chi connectivity index (χ3n) is 4.16. The van der Waals surface area contributed by atoms with Crippen molar-refractivity contribution in [3.05, 3.63) is 0 Å². The first-order chi connectivity index (χ1) is 9.59. The van der Waals surface area contributed by atoms with Crippen LogP contribution in [0.25, 0.3) is 0 Å². The fourth-order valence-electron chi connectivity index (χ4n) is 2.69. The average molecular weight is 318 g/mol. The summed E-state index contributed by atoms with van der Waals surface area (Å²) >= 11 is 0. The Labute approximate surface area is 128 Å². The van der Waals surface area contributed by atoms with Gasteiger partial charge in [0, 0.05) is 20.6 Å². The highest BCUT2D eigenvalue weighted by atomic mass is 28.3. The number of ether oxygens (including phenoxy) is 4. The molecular weight excluding hydrogens is 288 g/mol. The van der Waals surface area contributed by atoms with Crippen molar-refractivity contribution in [3.8, 4) is 0 Å². The second kappa shape index (κ2) is 6.26. The molecule has 0 aromatic rings. The summed E-state index contributed by atoms with van der Waals surface area (Å²) in [4.78, 5) is 0. The second-order valence-corrected chi connectivity index (χ2v) is 13.5. The van der Waals surface area contributed by atoms with Gasteiger partial charge in [-0.1, -0.05) is 26.6 Å². The van der Waals surface area contributed by atoms with E-state index in [4.69, 9.17) is 18.9 Å². The summed E-state index contributed by atoms with van der Waals surface area (Å²) in [7, 11) is -1.15. The van der Waals surface area contributed by atoms with Crippen molar-refractivity contribution in [2.24, 2.45) is 5.92 Å². The van der Waals surface area contributed by atoms with Gasteiger partial charge in [-0.3, -0.25) is 0 Å². The van der Waals surface area contributed by atoms with Gasteiger partial charge in [0.15, 0.2) is 12.1 Å². The SMILES string of the molecule is C[C@@H]1C(O)[C@H](OCC[Si](C)(C)C)OC2COC(C)(C)O[C@H]21. The van der Waals surface area contributed by atoms with Crippen LogP contribution in [0.4, 0.5) is 0 Å². The molecule has 6 heteroatoms. The molecular formula is C15H30O5Si. The summed E-state index contributed by atoms with van der Waals surface area (Å²) in [5, 5.41) is 10.4. The fraction of sp³-hybridized carbons (Fsp3) is 1.00. The van der Waals surface area contributed by atoms with Crippen molar-refractivity contribution >= 4 is 8.07 Å². The highest BCUT2D eigenvalue weighted by Gasteiger charge is 2.49. The minimum atomic E-state index is -1.15. The van der Waals surface area contributed by atoms with Crippen LogP contribution in [0.15, 0.2) is 0 Å². The van der Waals surface area contributed by atoms with E-state index in [1.54, 1.807) is 0 Å². The first kappa shape index (κ1) is 17.4. The van der Waals surface area contributed by atoms with Gasteiger partial charge in [-0.15, -0.1) is 0 Å². The van der Waals surface area contributed by atoms with E-state index in [0.29, 0.717) is 13.2 Å². The quantitative estimate of drug-likeness (QED) is 0.806. The van der Waals surface area contributed by atoms with Gasteiger partial charge in [-0.2, -0.15) is 0 Å². The zero-order chi connectivity index (χ0) is 15.8. The van der Waals surface area contributed by atoms with Gasteiger partial charge in [0.2, 0.25) is 0 Å². The molecule has 21 heavy (non-hydrogen) atoms. The van der Waals surface area contributed by atoms with Crippen molar-refractivity contribution < 1.29 is 24.1 Å². The third-order valence-corrected chi connectivity index (χ3v) is 5.86. The molecule has 2 saturated heterocycles. The lowest BCUT2D eigenvalue weighted by Crippen LogP contribution is -2.61. The average Bonchev–Trinajstić information content (AvgIpc) is 2.34. The van der Waals surface area contributed by atoms with E-state index in [2.05, 4.69) is 19.6 Å². The Morgan fingerprint density at radius 3 is 2.57 bits per heavy atom. The normalized spacial score (nSPS) is 39.9. The number of aliphatic hydroxyl groups excluding tert-OH is 1. The summed E-state index contributed by atoms with van der Waals surface area (Å²) in [5.74, 6) is -0.659. The molecule has 5 atom stereocenters. The van der Waals surface area contributed by atoms with Gasteiger partial charge in [-0.05, 0) is 19.9 Å². The highest BCUT2D eigenvalue weighted by molar-refractivity contribution is 6.76. The predicted molar refractivity (Wildman–Crippen MR) is 82.8 cm³/mol. The molecule has 1 N–H and O–H groups in total. The predicted octanol–water partition coefficient (Wildman–Crippen LogP) is 2.21. The molecule has 2 aliphatic rings. The lowest BCUT2D eigenvalue weighted by atomic mass is 9.89. The van der Waals surface area contributed by atoms with Crippen molar-refractivity contribution in [2.45, 2.75) is 76.8 Å². The Hall–Kier alpha value is 0.0169. The Balaban J connectivity index is 1.92. The van der Waals surface area contributed by atoms with Gasteiger partial charge in [0.25, 0.3) is 0 Å². The molecule has 0 aromatic carbocycles. The van der Waals surface area contributed by atoms with Crippen LogP contribution in [-0.2, 0) is 18.9 Å². The minimum Gasteiger partial charge on any atom is -0.387 e. The van der Waals surface area contributed by atoms with Crippen molar-refractivity contribution in [1.29, 1.82) is 0 Å². The molecule has 2 rings (SSSR count). The molecule has 2 heterocycles. The van der Waals surface area contributed by atoms with Crippen LogP contribution in [0.2, 0.25) is 25.7 Å². The van der Waals surface area contributed by atoms with Crippen LogP contribution >= 0.6 is 0 Å². The monoisotopic (exact) mass is 318 g/mol. The zero-order valence-electron chi connectivity index (χ0n) is 14.1. The molecule has 5 nitrogen and oxygen atoms in total. The van der Waals surface area contributed by atoms with Crippen LogP contribution < -0.4 is 0 Å². The third kappa shape index (κ3) is 4.50. The lowest BCUT2D eigenvalue weighted by molar-refractivity contribution is -0.373. The van der Waals surface area contributed by atoms with E-state index >= 15 is 0 Å². The molecule has 0 saturated carbocycles. The number of hydrogen-bond donors (Lipinski definition) is 1. The largest absolute Gasteiger partial charge is 0.387 e. The van der Waals surface area contributed by atoms with Crippen molar-refractivity contribution in [1.82, 2.24) is 0 Å². The summed E-state index contributed by atoms with van der Waals surface area (Å²) in [5.41, 5.74) is 0. The number of rotatable bonds is 4. The van der Waals surface area contributed by atoms with Crippen LogP contribution in [0.1, 0.15) is 20.8 Å². The number of hydrogen-bond acceptors (Lipinski definition) is 5. The zero-order valence-corrected chi connectivity index (χ0v) is 15.1. The Kier molecular flexibility index (Phi) is 5.18. The lowest BCUT2D eigenvalue weighted by Gasteiger charge is -2.49. The molecule has 0 amide bonds. The first-order valence-electron chi connectivity index (χ1n) is 7.86. The molecule has 0 aromatic heterocycles. The molecule has 0 bridgehead atoms. The fourth-order valence-corrected chi connectivity index (χ4v) is 3.42. The molecule has 0 spiro atoms. The van der Waals surface area contributed by atoms with Gasteiger partial charge < -0.3 is 24.1 Å². The molecule has 2 unspecified atom stereocenters. The topological polar surface area (TPSA) is 57.2 Å². The van der Waals surface area contributed by atoms with Crippen LogP contribution in [-0.4, -0.2) is 56.8 Å². The Morgan fingerprint density at radius 1 is 1.29 bits per heavy atom. The number of fused-ring (bicyclic) bond motifs is 1. The Bertz CT molecular complexity index is 352. The molecule has 0 radical (unpaired) electrons. The van der Waals surface area contributed by atoms with E-state index in [9.17, 15) is 5.11 Å². The molecule has 2 aliphatic heterocycles. The maximum Gasteiger partial charge on any atom is 0.184 e. The van der Waals surface area contributed by atoms with Gasteiger partial charge >= 0.3 is 0 Å². The van der Waals surface area contributed by atoms with Gasteiger partial charge in [0.1, 0.15) is 12.2 Å². The van der Waals surface area contributed by atoms with Crippen LogP contribution in [0.5, 0.6) is 0 Å². The second-order valence-electron chi connectivity index (χ2n) is 7.87. The smallest absolute Gasteiger partial charge is 0.184 e. The molecule has 0 aliphatic carbocycles. The van der Waals surface area contributed by atoms with E-state index < -0.39 is 26.3 Å². The van der Waals surface area contributed by atoms with E-state index in [1.807, 2.05) is 20.8 Å². The minimum absolute atomic E-state index is 0.0381. The Morgan fingerprint density at radius 2 is 1.95 bits per heavy atom. The molecule has 124 valence electrons. The summed E-state index contributed by atoms with van der Waals surface area (Å²) < 4.78 is 23.2. The van der Waals surface area contributed by atoms with Crippen molar-refractivity contribution in [3.63, 3.8) is 0 Å². The summed E-state index contributed by atoms with van der Waals surface area (Å²) in [6, 6.07) is 1.06. The highest BCUT2D eigenvalue weighted by Crippen LogP contribution is 2.35. The maximum absolute atomic E-state index is 10.4. The maximum atomic E-state index is 10.4. The van der Waals surface area contributed by atoms with E-state index in [1.165, 1.54) is 0 Å². The van der Waals surface area contributed by atoms with Gasteiger partial charge in [-0.25, -0.2) is 0 Å². The van der Waals surface area contributed by atoms with E-state index in [-0.39, 0.29) is 18.1 Å². The van der Waals surface area contributed by atoms with E-state index in [0.717, 1.165) is 6.04 Å². The van der Waals surface area contributed by atoms with Crippen molar-refractivity contribution in [2.75, 3.05) is 13.2 Å². The van der Waals surface area contributed by atoms with Crippen LogP contribution in [0.3, 0.4) is 0 Å².